The van der Waals surface area contributed by atoms with Crippen molar-refractivity contribution in [1.29, 1.82) is 0 Å². The molecule has 0 bridgehead atoms. The normalized spacial score (nSPS) is 11.1. The SMILES string of the molecule is CC(C)NCCCCc1cc(Br)ccc1Cl. The Hall–Kier alpha value is -0.0500. The highest BCUT2D eigenvalue weighted by molar-refractivity contribution is 9.10. The number of rotatable bonds is 6. The minimum Gasteiger partial charge on any atom is -0.315 e. The van der Waals surface area contributed by atoms with Crippen LogP contribution < -0.4 is 5.32 Å². The first kappa shape index (κ1) is 14.0. The molecule has 0 saturated carbocycles. The second kappa shape index (κ2) is 7.31. The van der Waals surface area contributed by atoms with Crippen molar-refractivity contribution in [3.05, 3.63) is 33.3 Å². The molecule has 0 aromatic heterocycles. The molecule has 1 aromatic rings. The van der Waals surface area contributed by atoms with Crippen LogP contribution in [0.25, 0.3) is 0 Å². The van der Waals surface area contributed by atoms with Crippen LogP contribution in [0, 0.1) is 0 Å². The van der Waals surface area contributed by atoms with Crippen LogP contribution in [0.2, 0.25) is 5.02 Å². The first-order valence-corrected chi connectivity index (χ1v) is 6.94. The molecule has 0 aliphatic carbocycles. The summed E-state index contributed by atoms with van der Waals surface area (Å²) in [5.74, 6) is 0. The molecule has 1 N–H and O–H groups in total. The predicted octanol–water partition coefficient (Wildman–Crippen LogP) is 4.42. The molecule has 1 aromatic carbocycles. The molecule has 0 amide bonds. The zero-order valence-corrected chi connectivity index (χ0v) is 12.2. The average molecular weight is 305 g/mol. The molecular weight excluding hydrogens is 286 g/mol. The number of halogens is 2. The Labute approximate surface area is 112 Å². The molecule has 3 heteroatoms. The summed E-state index contributed by atoms with van der Waals surface area (Å²) in [6.07, 6.45) is 3.43. The van der Waals surface area contributed by atoms with Crippen molar-refractivity contribution >= 4 is 27.5 Å². The summed E-state index contributed by atoms with van der Waals surface area (Å²) in [7, 11) is 0. The maximum absolute atomic E-state index is 6.12. The number of nitrogens with one attached hydrogen (secondary N) is 1. The van der Waals surface area contributed by atoms with E-state index >= 15 is 0 Å². The van der Waals surface area contributed by atoms with Crippen LogP contribution in [-0.2, 0) is 6.42 Å². The number of hydrogen-bond donors (Lipinski definition) is 1. The molecule has 90 valence electrons. The van der Waals surface area contributed by atoms with Gasteiger partial charge in [0.1, 0.15) is 0 Å². The standard InChI is InChI=1S/C13H19BrClN/c1-10(2)16-8-4-3-5-11-9-12(14)6-7-13(11)15/h6-7,9-10,16H,3-5,8H2,1-2H3. The van der Waals surface area contributed by atoms with Crippen molar-refractivity contribution in [2.24, 2.45) is 0 Å². The van der Waals surface area contributed by atoms with E-state index in [1.54, 1.807) is 0 Å². The summed E-state index contributed by atoms with van der Waals surface area (Å²) in [6, 6.07) is 6.62. The summed E-state index contributed by atoms with van der Waals surface area (Å²) in [5.41, 5.74) is 1.24. The molecule has 0 saturated heterocycles. The monoisotopic (exact) mass is 303 g/mol. The van der Waals surface area contributed by atoms with E-state index in [-0.39, 0.29) is 0 Å². The molecule has 0 aliphatic heterocycles. The number of aryl methyl sites for hydroxylation is 1. The van der Waals surface area contributed by atoms with E-state index in [1.165, 1.54) is 18.4 Å². The van der Waals surface area contributed by atoms with E-state index in [4.69, 9.17) is 11.6 Å². The van der Waals surface area contributed by atoms with E-state index in [0.29, 0.717) is 6.04 Å². The fourth-order valence-corrected chi connectivity index (χ4v) is 2.19. The molecule has 0 spiro atoms. The van der Waals surface area contributed by atoms with E-state index in [0.717, 1.165) is 22.5 Å². The number of hydrogen-bond acceptors (Lipinski definition) is 1. The second-order valence-electron chi connectivity index (χ2n) is 4.30. The van der Waals surface area contributed by atoms with E-state index in [2.05, 4.69) is 41.2 Å². The Kier molecular flexibility index (Phi) is 6.40. The predicted molar refractivity (Wildman–Crippen MR) is 75.2 cm³/mol. The molecule has 1 nitrogen and oxygen atoms in total. The fraction of sp³-hybridized carbons (Fsp3) is 0.538. The summed E-state index contributed by atoms with van der Waals surface area (Å²) in [6.45, 7) is 5.43. The first-order chi connectivity index (χ1) is 7.59. The van der Waals surface area contributed by atoms with E-state index < -0.39 is 0 Å². The minimum absolute atomic E-state index is 0.578. The molecule has 16 heavy (non-hydrogen) atoms. The Morgan fingerprint density at radius 1 is 1.31 bits per heavy atom. The smallest absolute Gasteiger partial charge is 0.0438 e. The van der Waals surface area contributed by atoms with Crippen molar-refractivity contribution in [1.82, 2.24) is 5.32 Å². The van der Waals surface area contributed by atoms with Crippen LogP contribution in [0.1, 0.15) is 32.3 Å². The third kappa shape index (κ3) is 5.33. The van der Waals surface area contributed by atoms with Gasteiger partial charge in [0, 0.05) is 15.5 Å². The number of unbranched alkanes of at least 4 members (excludes halogenated alkanes) is 1. The summed E-state index contributed by atoms with van der Waals surface area (Å²) in [5, 5.41) is 4.29. The van der Waals surface area contributed by atoms with Crippen LogP contribution in [-0.4, -0.2) is 12.6 Å². The van der Waals surface area contributed by atoms with Crippen LogP contribution in [0.5, 0.6) is 0 Å². The first-order valence-electron chi connectivity index (χ1n) is 5.77. The van der Waals surface area contributed by atoms with Crippen LogP contribution in [0.4, 0.5) is 0 Å². The highest BCUT2D eigenvalue weighted by atomic mass is 79.9. The molecule has 0 unspecified atom stereocenters. The largest absolute Gasteiger partial charge is 0.315 e. The zero-order chi connectivity index (χ0) is 12.0. The summed E-state index contributed by atoms with van der Waals surface area (Å²) in [4.78, 5) is 0. The van der Waals surface area contributed by atoms with Crippen LogP contribution >= 0.6 is 27.5 Å². The quantitative estimate of drug-likeness (QED) is 0.767. The summed E-state index contributed by atoms with van der Waals surface area (Å²) >= 11 is 9.59. The maximum atomic E-state index is 6.12. The molecule has 0 aliphatic rings. The maximum Gasteiger partial charge on any atom is 0.0438 e. The minimum atomic E-state index is 0.578. The molecule has 1 rings (SSSR count). The van der Waals surface area contributed by atoms with Gasteiger partial charge in [0.25, 0.3) is 0 Å². The van der Waals surface area contributed by atoms with Crippen molar-refractivity contribution in [3.63, 3.8) is 0 Å². The van der Waals surface area contributed by atoms with Crippen molar-refractivity contribution in [2.45, 2.75) is 39.2 Å². The van der Waals surface area contributed by atoms with Crippen molar-refractivity contribution in [3.8, 4) is 0 Å². The van der Waals surface area contributed by atoms with Gasteiger partial charge in [-0.2, -0.15) is 0 Å². The highest BCUT2D eigenvalue weighted by Gasteiger charge is 2.01. The van der Waals surface area contributed by atoms with Gasteiger partial charge in [-0.05, 0) is 49.6 Å². The summed E-state index contributed by atoms with van der Waals surface area (Å²) < 4.78 is 1.10. The molecule has 0 atom stereocenters. The fourth-order valence-electron chi connectivity index (χ4n) is 1.57. The van der Waals surface area contributed by atoms with Gasteiger partial charge in [-0.15, -0.1) is 0 Å². The van der Waals surface area contributed by atoms with Crippen LogP contribution in [0.3, 0.4) is 0 Å². The Morgan fingerprint density at radius 2 is 2.06 bits per heavy atom. The number of benzene rings is 1. The zero-order valence-electron chi connectivity index (χ0n) is 9.89. The Balaban J connectivity index is 2.29. The second-order valence-corrected chi connectivity index (χ2v) is 5.62. The Morgan fingerprint density at radius 3 is 2.75 bits per heavy atom. The third-order valence-electron chi connectivity index (χ3n) is 2.43. The van der Waals surface area contributed by atoms with Gasteiger partial charge >= 0.3 is 0 Å². The topological polar surface area (TPSA) is 12.0 Å². The van der Waals surface area contributed by atoms with Gasteiger partial charge in [-0.3, -0.25) is 0 Å². The van der Waals surface area contributed by atoms with E-state index in [1.807, 2.05) is 12.1 Å². The lowest BCUT2D eigenvalue weighted by Crippen LogP contribution is -2.23. The van der Waals surface area contributed by atoms with E-state index in [9.17, 15) is 0 Å². The molecule has 0 radical (unpaired) electrons. The van der Waals surface area contributed by atoms with Gasteiger partial charge in [0.15, 0.2) is 0 Å². The highest BCUT2D eigenvalue weighted by Crippen LogP contribution is 2.22. The van der Waals surface area contributed by atoms with Gasteiger partial charge < -0.3 is 5.32 Å². The average Bonchev–Trinajstić information content (AvgIpc) is 2.22. The van der Waals surface area contributed by atoms with Crippen molar-refractivity contribution < 1.29 is 0 Å². The lowest BCUT2D eigenvalue weighted by Gasteiger charge is -2.08. The van der Waals surface area contributed by atoms with Gasteiger partial charge in [-0.1, -0.05) is 41.4 Å². The van der Waals surface area contributed by atoms with Gasteiger partial charge in [0.05, 0.1) is 0 Å². The molecule has 0 heterocycles. The molecule has 0 fully saturated rings. The van der Waals surface area contributed by atoms with Crippen molar-refractivity contribution in [2.75, 3.05) is 6.54 Å². The van der Waals surface area contributed by atoms with Crippen LogP contribution in [0.15, 0.2) is 22.7 Å². The third-order valence-corrected chi connectivity index (χ3v) is 3.30. The lowest BCUT2D eigenvalue weighted by atomic mass is 10.1. The molecular formula is C13H19BrClN. The lowest BCUT2D eigenvalue weighted by molar-refractivity contribution is 0.557. The van der Waals surface area contributed by atoms with Gasteiger partial charge in [-0.25, -0.2) is 0 Å². The Bertz CT molecular complexity index is 326. The van der Waals surface area contributed by atoms with Gasteiger partial charge in [0.2, 0.25) is 0 Å².